The molecule has 2 rings (SSSR count). The summed E-state index contributed by atoms with van der Waals surface area (Å²) in [5, 5.41) is 0.681. The number of benzene rings is 1. The maximum atomic E-state index is 5.81. The van der Waals surface area contributed by atoms with E-state index in [9.17, 15) is 0 Å². The third-order valence-electron chi connectivity index (χ3n) is 3.09. The molecule has 1 aliphatic heterocycles. The maximum Gasteiger partial charge on any atom is 0.120 e. The SMILES string of the molecule is COc1ccc(CN)c(N2CCSC(C)C2)c1. The van der Waals surface area contributed by atoms with Crippen molar-refractivity contribution in [3.63, 3.8) is 0 Å². The predicted molar refractivity (Wildman–Crippen MR) is 75.0 cm³/mol. The van der Waals surface area contributed by atoms with Gasteiger partial charge in [0, 0.05) is 42.4 Å². The summed E-state index contributed by atoms with van der Waals surface area (Å²) in [6, 6.07) is 6.15. The number of thioether (sulfide) groups is 1. The van der Waals surface area contributed by atoms with Crippen LogP contribution in [0.1, 0.15) is 12.5 Å². The molecule has 1 aromatic rings. The molecule has 4 heteroatoms. The molecular weight excluding hydrogens is 232 g/mol. The van der Waals surface area contributed by atoms with E-state index in [1.807, 2.05) is 17.8 Å². The van der Waals surface area contributed by atoms with E-state index in [1.165, 1.54) is 17.0 Å². The molecule has 1 saturated heterocycles. The molecular formula is C13H20N2OS. The van der Waals surface area contributed by atoms with Crippen LogP contribution in [-0.2, 0) is 6.54 Å². The van der Waals surface area contributed by atoms with Crippen LogP contribution >= 0.6 is 11.8 Å². The Morgan fingerprint density at radius 1 is 1.53 bits per heavy atom. The van der Waals surface area contributed by atoms with Crippen molar-refractivity contribution in [2.75, 3.05) is 30.9 Å². The molecule has 1 fully saturated rings. The number of nitrogens with zero attached hydrogens (tertiary/aromatic N) is 1. The summed E-state index contributed by atoms with van der Waals surface area (Å²) in [6.45, 7) is 5.04. The molecule has 0 saturated carbocycles. The van der Waals surface area contributed by atoms with Crippen molar-refractivity contribution in [2.45, 2.75) is 18.7 Å². The van der Waals surface area contributed by atoms with Gasteiger partial charge in [-0.25, -0.2) is 0 Å². The van der Waals surface area contributed by atoms with Gasteiger partial charge >= 0.3 is 0 Å². The zero-order valence-corrected chi connectivity index (χ0v) is 11.3. The summed E-state index contributed by atoms with van der Waals surface area (Å²) < 4.78 is 5.30. The fourth-order valence-electron chi connectivity index (χ4n) is 2.17. The number of anilines is 1. The number of rotatable bonds is 3. The average molecular weight is 252 g/mol. The van der Waals surface area contributed by atoms with Crippen LogP contribution in [0, 0.1) is 0 Å². The summed E-state index contributed by atoms with van der Waals surface area (Å²) in [5.41, 5.74) is 8.24. The van der Waals surface area contributed by atoms with Crippen LogP contribution < -0.4 is 15.4 Å². The largest absolute Gasteiger partial charge is 0.497 e. The normalized spacial score (nSPS) is 20.4. The number of hydrogen-bond donors (Lipinski definition) is 1. The lowest BCUT2D eigenvalue weighted by molar-refractivity contribution is 0.414. The Hall–Kier alpha value is -0.870. The van der Waals surface area contributed by atoms with Crippen LogP contribution in [0.2, 0.25) is 0 Å². The molecule has 0 amide bonds. The summed E-state index contributed by atoms with van der Waals surface area (Å²) in [7, 11) is 1.70. The van der Waals surface area contributed by atoms with Gasteiger partial charge in [0.25, 0.3) is 0 Å². The van der Waals surface area contributed by atoms with E-state index in [0.717, 1.165) is 18.8 Å². The quantitative estimate of drug-likeness (QED) is 0.894. The fraction of sp³-hybridized carbons (Fsp3) is 0.538. The van der Waals surface area contributed by atoms with Gasteiger partial charge in [-0.3, -0.25) is 0 Å². The third-order valence-corrected chi connectivity index (χ3v) is 4.23. The van der Waals surface area contributed by atoms with Gasteiger partial charge in [0.05, 0.1) is 7.11 Å². The van der Waals surface area contributed by atoms with Crippen LogP contribution in [0.5, 0.6) is 5.75 Å². The van der Waals surface area contributed by atoms with Gasteiger partial charge in [0.1, 0.15) is 5.75 Å². The zero-order valence-electron chi connectivity index (χ0n) is 10.5. The lowest BCUT2D eigenvalue weighted by Crippen LogP contribution is -2.37. The van der Waals surface area contributed by atoms with Crippen molar-refractivity contribution in [3.05, 3.63) is 23.8 Å². The molecule has 0 aromatic heterocycles. The lowest BCUT2D eigenvalue weighted by Gasteiger charge is -2.33. The number of nitrogens with two attached hydrogens (primary N) is 1. The minimum atomic E-state index is 0.581. The molecule has 1 heterocycles. The highest BCUT2D eigenvalue weighted by atomic mass is 32.2. The standard InChI is InChI=1S/C13H20N2OS/c1-10-9-15(5-6-17-10)13-7-12(16-2)4-3-11(13)8-14/h3-4,7,10H,5-6,8-9,14H2,1-2H3. The highest BCUT2D eigenvalue weighted by Crippen LogP contribution is 2.29. The Balaban J connectivity index is 2.27. The van der Waals surface area contributed by atoms with Crippen molar-refractivity contribution >= 4 is 17.4 Å². The van der Waals surface area contributed by atoms with E-state index in [1.54, 1.807) is 7.11 Å². The molecule has 1 unspecified atom stereocenters. The van der Waals surface area contributed by atoms with Crippen molar-refractivity contribution in [3.8, 4) is 5.75 Å². The fourth-order valence-corrected chi connectivity index (χ4v) is 3.19. The Morgan fingerprint density at radius 2 is 2.35 bits per heavy atom. The lowest BCUT2D eigenvalue weighted by atomic mass is 10.1. The average Bonchev–Trinajstić information content (AvgIpc) is 2.38. The van der Waals surface area contributed by atoms with Crippen molar-refractivity contribution in [1.29, 1.82) is 0 Å². The Morgan fingerprint density at radius 3 is 3.00 bits per heavy atom. The van der Waals surface area contributed by atoms with Crippen molar-refractivity contribution < 1.29 is 4.74 Å². The van der Waals surface area contributed by atoms with E-state index in [0.29, 0.717) is 11.8 Å². The first-order chi connectivity index (χ1) is 8.24. The first-order valence-corrected chi connectivity index (χ1v) is 7.03. The Labute approximate surface area is 107 Å². The molecule has 0 spiro atoms. The third kappa shape index (κ3) is 2.87. The molecule has 2 N–H and O–H groups in total. The van der Waals surface area contributed by atoms with Crippen LogP contribution in [0.3, 0.4) is 0 Å². The topological polar surface area (TPSA) is 38.5 Å². The molecule has 0 bridgehead atoms. The molecule has 1 atom stereocenters. The van der Waals surface area contributed by atoms with E-state index in [2.05, 4.69) is 24.0 Å². The second-order valence-corrected chi connectivity index (χ2v) is 5.87. The van der Waals surface area contributed by atoms with Gasteiger partial charge in [-0.05, 0) is 11.6 Å². The maximum absolute atomic E-state index is 5.81. The highest BCUT2D eigenvalue weighted by Gasteiger charge is 2.19. The molecule has 1 aliphatic rings. The summed E-state index contributed by atoms with van der Waals surface area (Å²) in [4.78, 5) is 2.42. The molecule has 17 heavy (non-hydrogen) atoms. The van der Waals surface area contributed by atoms with Gasteiger partial charge in [0.15, 0.2) is 0 Å². The van der Waals surface area contributed by atoms with Crippen LogP contribution in [0.25, 0.3) is 0 Å². The van der Waals surface area contributed by atoms with Crippen LogP contribution in [-0.4, -0.2) is 31.2 Å². The van der Waals surface area contributed by atoms with Gasteiger partial charge in [-0.15, -0.1) is 0 Å². The first-order valence-electron chi connectivity index (χ1n) is 5.98. The van der Waals surface area contributed by atoms with Crippen molar-refractivity contribution in [1.82, 2.24) is 0 Å². The second-order valence-electron chi connectivity index (χ2n) is 4.33. The predicted octanol–water partition coefficient (Wildman–Crippen LogP) is 2.10. The second kappa shape index (κ2) is 5.65. The smallest absolute Gasteiger partial charge is 0.120 e. The summed E-state index contributed by atoms with van der Waals surface area (Å²) >= 11 is 2.04. The number of methoxy groups -OCH3 is 1. The molecule has 0 radical (unpaired) electrons. The minimum absolute atomic E-state index is 0.581. The van der Waals surface area contributed by atoms with Gasteiger partial charge in [-0.2, -0.15) is 11.8 Å². The van der Waals surface area contributed by atoms with E-state index >= 15 is 0 Å². The van der Waals surface area contributed by atoms with Crippen LogP contribution in [0.15, 0.2) is 18.2 Å². The summed E-state index contributed by atoms with van der Waals surface area (Å²) in [5.74, 6) is 2.09. The van der Waals surface area contributed by atoms with Crippen LogP contribution in [0.4, 0.5) is 5.69 Å². The van der Waals surface area contributed by atoms with E-state index in [-0.39, 0.29) is 0 Å². The molecule has 1 aromatic carbocycles. The highest BCUT2D eigenvalue weighted by molar-refractivity contribution is 8.00. The molecule has 3 nitrogen and oxygen atoms in total. The number of hydrogen-bond acceptors (Lipinski definition) is 4. The molecule has 0 aliphatic carbocycles. The monoisotopic (exact) mass is 252 g/mol. The Bertz CT molecular complexity index is 384. The van der Waals surface area contributed by atoms with E-state index in [4.69, 9.17) is 10.5 Å². The molecule has 94 valence electrons. The van der Waals surface area contributed by atoms with Gasteiger partial charge in [-0.1, -0.05) is 13.0 Å². The van der Waals surface area contributed by atoms with Crippen molar-refractivity contribution in [2.24, 2.45) is 5.73 Å². The zero-order chi connectivity index (χ0) is 12.3. The van der Waals surface area contributed by atoms with E-state index < -0.39 is 0 Å². The first kappa shape index (κ1) is 12.6. The minimum Gasteiger partial charge on any atom is -0.497 e. The van der Waals surface area contributed by atoms with Gasteiger partial charge < -0.3 is 15.4 Å². The van der Waals surface area contributed by atoms with Gasteiger partial charge in [0.2, 0.25) is 0 Å². The number of ether oxygens (including phenoxy) is 1. The Kier molecular flexibility index (Phi) is 4.18. The summed E-state index contributed by atoms with van der Waals surface area (Å²) in [6.07, 6.45) is 0.